The van der Waals surface area contributed by atoms with Crippen LogP contribution in [-0.2, 0) is 11.2 Å². The van der Waals surface area contributed by atoms with Crippen molar-refractivity contribution in [3.8, 4) is 5.75 Å². The summed E-state index contributed by atoms with van der Waals surface area (Å²) in [4.78, 5) is 26.4. The van der Waals surface area contributed by atoms with Gasteiger partial charge in [-0.05, 0) is 58.0 Å². The molecule has 0 saturated carbocycles. The minimum Gasteiger partial charge on any atom is -0.535 e. The summed E-state index contributed by atoms with van der Waals surface area (Å²) in [6.07, 6.45) is 2.93. The highest BCUT2D eigenvalue weighted by atomic mass is 16.5. The van der Waals surface area contributed by atoms with Crippen molar-refractivity contribution in [2.75, 3.05) is 26.7 Å². The average Bonchev–Trinajstić information content (AvgIpc) is 2.62. The van der Waals surface area contributed by atoms with E-state index in [1.54, 1.807) is 6.07 Å². The molecule has 1 atom stereocenters. The van der Waals surface area contributed by atoms with Gasteiger partial charge in [-0.3, -0.25) is 14.5 Å². The Balaban J connectivity index is 1.61. The summed E-state index contributed by atoms with van der Waals surface area (Å²) in [7, 11) is 0.937. The molecule has 2 aliphatic heterocycles. The van der Waals surface area contributed by atoms with Gasteiger partial charge < -0.3 is 15.0 Å². The molecule has 3 rings (SSSR count). The second-order valence-electron chi connectivity index (χ2n) is 7.46. The molecule has 0 amide bonds. The number of piperidine rings is 1. The molecule has 1 aromatic rings. The molecule has 1 saturated heterocycles. The number of fused-ring (bicyclic) bond motifs is 1. The van der Waals surface area contributed by atoms with Gasteiger partial charge in [-0.2, -0.15) is 0 Å². The van der Waals surface area contributed by atoms with Crippen molar-refractivity contribution in [2.45, 2.75) is 44.5 Å². The van der Waals surface area contributed by atoms with Crippen LogP contribution in [0, 0.1) is 0 Å². The zero-order chi connectivity index (χ0) is 18.7. The van der Waals surface area contributed by atoms with E-state index in [4.69, 9.17) is 4.65 Å². The summed E-state index contributed by atoms with van der Waals surface area (Å²) >= 11 is 0. The maximum Gasteiger partial charge on any atom is 0.526 e. The Labute approximate surface area is 155 Å². The van der Waals surface area contributed by atoms with Gasteiger partial charge in [-0.25, -0.2) is 0 Å². The molecule has 2 N–H and O–H groups in total. The summed E-state index contributed by atoms with van der Waals surface area (Å²) in [5.74, 6) is 0.207. The number of para-hydroxylation sites is 1. The molecule has 0 aliphatic carbocycles. The molecule has 2 aliphatic rings. The topological polar surface area (TPSA) is 78.9 Å². The molecule has 0 radical (unpaired) electrons. The molecule has 26 heavy (non-hydrogen) atoms. The number of nitrogens with zero attached hydrogens (tertiary/aromatic N) is 1. The van der Waals surface area contributed by atoms with Crippen LogP contribution in [0.25, 0.3) is 0 Å². The zero-order valence-electron chi connectivity index (χ0n) is 15.5. The van der Waals surface area contributed by atoms with Gasteiger partial charge in [0.25, 0.3) is 0 Å². The molecule has 6 nitrogen and oxygen atoms in total. The minimum atomic E-state index is -1.06. The Morgan fingerprint density at radius 2 is 2.08 bits per heavy atom. The lowest BCUT2D eigenvalue weighted by atomic mass is 9.64. The van der Waals surface area contributed by atoms with E-state index in [1.165, 1.54) is 6.92 Å². The number of likely N-dealkylation sites (N-methyl/N-ethyl adjacent to an activating group) is 1. The first kappa shape index (κ1) is 19.1. The van der Waals surface area contributed by atoms with Crippen LogP contribution < -0.4 is 9.97 Å². The van der Waals surface area contributed by atoms with Crippen LogP contribution in [0.2, 0.25) is 5.82 Å². The van der Waals surface area contributed by atoms with Crippen molar-refractivity contribution in [3.63, 3.8) is 0 Å². The molecule has 0 unspecified atom stereocenters. The van der Waals surface area contributed by atoms with Crippen molar-refractivity contribution in [1.82, 2.24) is 10.2 Å². The van der Waals surface area contributed by atoms with Gasteiger partial charge in [-0.1, -0.05) is 12.1 Å². The van der Waals surface area contributed by atoms with E-state index in [2.05, 4.69) is 10.2 Å². The predicted octanol–water partition coefficient (Wildman–Crippen LogP) is 1.32. The number of hydrogen-bond donors (Lipinski definition) is 2. The van der Waals surface area contributed by atoms with Crippen LogP contribution in [-0.4, -0.2) is 61.3 Å². The highest BCUT2D eigenvalue weighted by Crippen LogP contribution is 2.36. The van der Waals surface area contributed by atoms with Crippen LogP contribution in [0.15, 0.2) is 18.2 Å². The molecule has 0 spiro atoms. The van der Waals surface area contributed by atoms with Gasteiger partial charge in [0.1, 0.15) is 11.5 Å². The van der Waals surface area contributed by atoms with Gasteiger partial charge in [0, 0.05) is 18.3 Å². The third-order valence-corrected chi connectivity index (χ3v) is 5.45. The summed E-state index contributed by atoms with van der Waals surface area (Å²) < 4.78 is 5.62. The van der Waals surface area contributed by atoms with E-state index in [0.29, 0.717) is 30.3 Å². The fourth-order valence-electron chi connectivity index (χ4n) is 3.95. The maximum atomic E-state index is 12.5. The van der Waals surface area contributed by atoms with E-state index in [-0.39, 0.29) is 23.8 Å². The number of hydrogen-bond acceptors (Lipinski definition) is 6. The van der Waals surface area contributed by atoms with Gasteiger partial charge in [-0.15, -0.1) is 0 Å². The normalized spacial score (nSPS) is 20.6. The predicted molar refractivity (Wildman–Crippen MR) is 101 cm³/mol. The Morgan fingerprint density at radius 3 is 2.77 bits per heavy atom. The van der Waals surface area contributed by atoms with Crippen LogP contribution in [0.3, 0.4) is 0 Å². The SMILES string of the molecule is CC(=O)c1cccc2c1OB(O)[C@@H](CC(=O)CN(C)C1CCNCC1)C2. The zero-order valence-corrected chi connectivity index (χ0v) is 15.5. The minimum absolute atomic E-state index is 0.0906. The Kier molecular flexibility index (Phi) is 6.11. The third-order valence-electron chi connectivity index (χ3n) is 5.45. The molecule has 140 valence electrons. The Morgan fingerprint density at radius 1 is 1.35 bits per heavy atom. The summed E-state index contributed by atoms with van der Waals surface area (Å²) in [6.45, 7) is 3.87. The molecule has 2 heterocycles. The molecule has 0 aromatic heterocycles. The number of carbonyl (C=O) groups is 2. The van der Waals surface area contributed by atoms with Crippen molar-refractivity contribution in [2.24, 2.45) is 0 Å². The molecule has 0 bridgehead atoms. The lowest BCUT2D eigenvalue weighted by Gasteiger charge is -2.32. The van der Waals surface area contributed by atoms with Gasteiger partial charge in [0.05, 0.1) is 12.1 Å². The van der Waals surface area contributed by atoms with E-state index in [0.717, 1.165) is 31.5 Å². The van der Waals surface area contributed by atoms with Crippen molar-refractivity contribution >= 4 is 18.7 Å². The highest BCUT2D eigenvalue weighted by Gasteiger charge is 2.37. The van der Waals surface area contributed by atoms with Gasteiger partial charge >= 0.3 is 7.12 Å². The number of carbonyl (C=O) groups excluding carboxylic acids is 2. The van der Waals surface area contributed by atoms with E-state index >= 15 is 0 Å². The second-order valence-corrected chi connectivity index (χ2v) is 7.46. The summed E-state index contributed by atoms with van der Waals surface area (Å²) in [6, 6.07) is 5.85. The van der Waals surface area contributed by atoms with Crippen LogP contribution >= 0.6 is 0 Å². The monoisotopic (exact) mass is 358 g/mol. The summed E-state index contributed by atoms with van der Waals surface area (Å²) in [5, 5.41) is 13.7. The number of ketones is 2. The number of Topliss-reactive ketones (excluding diaryl/α,β-unsaturated/α-hetero) is 2. The first-order valence-corrected chi connectivity index (χ1v) is 9.36. The highest BCUT2D eigenvalue weighted by molar-refractivity contribution is 6.47. The maximum absolute atomic E-state index is 12.5. The first-order chi connectivity index (χ1) is 12.5. The van der Waals surface area contributed by atoms with E-state index < -0.39 is 7.12 Å². The number of nitrogens with one attached hydrogen (secondary N) is 1. The van der Waals surface area contributed by atoms with Crippen LogP contribution in [0.5, 0.6) is 5.75 Å². The molecular weight excluding hydrogens is 331 g/mol. The van der Waals surface area contributed by atoms with E-state index in [9.17, 15) is 14.6 Å². The summed E-state index contributed by atoms with van der Waals surface area (Å²) in [5.41, 5.74) is 1.37. The van der Waals surface area contributed by atoms with Crippen LogP contribution in [0.4, 0.5) is 0 Å². The lowest BCUT2D eigenvalue weighted by Crippen LogP contribution is -2.44. The molecular formula is C19H27BN2O4. The van der Waals surface area contributed by atoms with E-state index in [1.807, 2.05) is 19.2 Å². The van der Waals surface area contributed by atoms with Gasteiger partial charge in [0.2, 0.25) is 0 Å². The number of benzene rings is 1. The fourth-order valence-corrected chi connectivity index (χ4v) is 3.95. The Bertz CT molecular complexity index is 676. The van der Waals surface area contributed by atoms with Crippen molar-refractivity contribution in [1.29, 1.82) is 0 Å². The second kappa shape index (κ2) is 8.33. The fraction of sp³-hybridized carbons (Fsp3) is 0.579. The average molecular weight is 358 g/mol. The molecule has 1 aromatic carbocycles. The molecule has 1 fully saturated rings. The smallest absolute Gasteiger partial charge is 0.526 e. The van der Waals surface area contributed by atoms with Crippen LogP contribution in [0.1, 0.15) is 42.1 Å². The first-order valence-electron chi connectivity index (χ1n) is 9.36. The third kappa shape index (κ3) is 4.34. The lowest BCUT2D eigenvalue weighted by molar-refractivity contribution is -0.120. The van der Waals surface area contributed by atoms with Crippen molar-refractivity contribution in [3.05, 3.63) is 29.3 Å². The Hall–Kier alpha value is -1.70. The largest absolute Gasteiger partial charge is 0.535 e. The van der Waals surface area contributed by atoms with Crippen molar-refractivity contribution < 1.29 is 19.3 Å². The quantitative estimate of drug-likeness (QED) is 0.590. The number of rotatable bonds is 6. The van der Waals surface area contributed by atoms with Gasteiger partial charge in [0.15, 0.2) is 5.78 Å². The standard InChI is InChI=1S/C19H27BN2O4/c1-13(23)18-5-3-4-14-10-15(20(25)26-19(14)18)11-17(24)12-22(2)16-6-8-21-9-7-16/h3-5,15-16,21,25H,6-12H2,1-2H3/t15-/m1/s1. The molecule has 7 heteroatoms.